The number of fused-ring (bicyclic) bond motifs is 2. The number of nitrogens with one attached hydrogen (secondary N) is 1. The minimum atomic E-state index is 0.507. The van der Waals surface area contributed by atoms with Crippen LogP contribution in [-0.2, 0) is 0 Å². The lowest BCUT2D eigenvalue weighted by Gasteiger charge is -2.38. The van der Waals surface area contributed by atoms with E-state index in [-0.39, 0.29) is 0 Å². The van der Waals surface area contributed by atoms with Crippen LogP contribution in [0.5, 0.6) is 5.75 Å². The molecule has 0 aromatic heterocycles. The number of hydrogen-bond acceptors (Lipinski definition) is 2. The van der Waals surface area contributed by atoms with Crippen LogP contribution in [0.4, 0.5) is 0 Å². The standard InChI is InChI=1S/C19H29NO/c1-2-11-20-15-19(14-16-8-9-17(19)13-16)10-12-21-18-6-4-3-5-7-18/h3-7,16-17,20H,2,8-15H2,1H3. The zero-order valence-corrected chi connectivity index (χ0v) is 13.3. The molecule has 2 nitrogen and oxygen atoms in total. The molecular weight excluding hydrogens is 258 g/mol. The summed E-state index contributed by atoms with van der Waals surface area (Å²) in [6.07, 6.45) is 8.25. The SMILES string of the molecule is CCCNCC1(CCOc2ccccc2)CC2CCC1C2. The van der Waals surface area contributed by atoms with Crippen molar-refractivity contribution in [3.05, 3.63) is 30.3 Å². The summed E-state index contributed by atoms with van der Waals surface area (Å²) in [6, 6.07) is 10.3. The zero-order valence-electron chi connectivity index (χ0n) is 13.3. The van der Waals surface area contributed by atoms with Crippen molar-refractivity contribution in [2.24, 2.45) is 17.3 Å². The number of para-hydroxylation sites is 1. The average molecular weight is 287 g/mol. The molecule has 0 amide bonds. The Morgan fingerprint density at radius 1 is 1.24 bits per heavy atom. The van der Waals surface area contributed by atoms with Crippen molar-refractivity contribution < 1.29 is 4.74 Å². The van der Waals surface area contributed by atoms with Crippen LogP contribution in [0, 0.1) is 17.3 Å². The first-order chi connectivity index (χ1) is 10.3. The fraction of sp³-hybridized carbons (Fsp3) is 0.684. The van der Waals surface area contributed by atoms with E-state index in [9.17, 15) is 0 Å². The molecule has 2 fully saturated rings. The molecule has 0 heterocycles. The maximum absolute atomic E-state index is 5.98. The van der Waals surface area contributed by atoms with Gasteiger partial charge in [-0.15, -0.1) is 0 Å². The summed E-state index contributed by atoms with van der Waals surface area (Å²) in [5, 5.41) is 3.70. The van der Waals surface area contributed by atoms with E-state index in [2.05, 4.69) is 24.4 Å². The Kier molecular flexibility index (Phi) is 4.84. The van der Waals surface area contributed by atoms with Crippen molar-refractivity contribution in [2.75, 3.05) is 19.7 Å². The predicted octanol–water partition coefficient (Wildman–Crippen LogP) is 4.26. The van der Waals surface area contributed by atoms with Crippen LogP contribution in [-0.4, -0.2) is 19.7 Å². The molecule has 3 atom stereocenters. The second kappa shape index (κ2) is 6.83. The van der Waals surface area contributed by atoms with E-state index in [0.717, 1.165) is 30.7 Å². The van der Waals surface area contributed by atoms with E-state index >= 15 is 0 Å². The molecule has 3 unspecified atom stereocenters. The van der Waals surface area contributed by atoms with E-state index in [1.54, 1.807) is 0 Å². The van der Waals surface area contributed by atoms with Crippen molar-refractivity contribution >= 4 is 0 Å². The van der Waals surface area contributed by atoms with Gasteiger partial charge in [0.25, 0.3) is 0 Å². The highest BCUT2D eigenvalue weighted by Gasteiger charge is 2.50. The van der Waals surface area contributed by atoms with Crippen molar-refractivity contribution in [3.63, 3.8) is 0 Å². The molecule has 1 N–H and O–H groups in total. The first-order valence-electron chi connectivity index (χ1n) is 8.71. The Morgan fingerprint density at radius 2 is 2.10 bits per heavy atom. The van der Waals surface area contributed by atoms with Crippen molar-refractivity contribution in [3.8, 4) is 5.75 Å². The van der Waals surface area contributed by atoms with E-state index in [1.165, 1.54) is 45.1 Å². The highest BCUT2D eigenvalue weighted by atomic mass is 16.5. The van der Waals surface area contributed by atoms with Crippen LogP contribution < -0.4 is 10.1 Å². The molecule has 2 aliphatic carbocycles. The van der Waals surface area contributed by atoms with Crippen LogP contribution in [0.2, 0.25) is 0 Å². The molecule has 1 aromatic rings. The first-order valence-corrected chi connectivity index (χ1v) is 8.71. The fourth-order valence-corrected chi connectivity index (χ4v) is 4.57. The van der Waals surface area contributed by atoms with Crippen LogP contribution in [0.1, 0.15) is 45.4 Å². The highest BCUT2D eigenvalue weighted by Crippen LogP contribution is 2.57. The van der Waals surface area contributed by atoms with Crippen LogP contribution >= 0.6 is 0 Å². The molecule has 0 saturated heterocycles. The van der Waals surface area contributed by atoms with Crippen LogP contribution in [0.25, 0.3) is 0 Å². The highest BCUT2D eigenvalue weighted by molar-refractivity contribution is 5.20. The lowest BCUT2D eigenvalue weighted by atomic mass is 9.71. The zero-order chi connectivity index (χ0) is 14.5. The van der Waals surface area contributed by atoms with Gasteiger partial charge in [0.15, 0.2) is 0 Å². The van der Waals surface area contributed by atoms with Gasteiger partial charge in [0.1, 0.15) is 5.75 Å². The summed E-state index contributed by atoms with van der Waals surface area (Å²) in [5.41, 5.74) is 0.507. The molecule has 2 heteroatoms. The third kappa shape index (κ3) is 3.42. The number of hydrogen-bond donors (Lipinski definition) is 1. The second-order valence-corrected chi connectivity index (χ2v) is 7.03. The predicted molar refractivity (Wildman–Crippen MR) is 87.6 cm³/mol. The van der Waals surface area contributed by atoms with Crippen LogP contribution in [0.3, 0.4) is 0 Å². The third-order valence-electron chi connectivity index (χ3n) is 5.62. The third-order valence-corrected chi connectivity index (χ3v) is 5.62. The molecule has 0 spiro atoms. The van der Waals surface area contributed by atoms with Gasteiger partial charge in [-0.05, 0) is 68.0 Å². The summed E-state index contributed by atoms with van der Waals surface area (Å²) in [4.78, 5) is 0. The lowest BCUT2D eigenvalue weighted by Crippen LogP contribution is -2.40. The monoisotopic (exact) mass is 287 g/mol. The molecule has 0 radical (unpaired) electrons. The van der Waals surface area contributed by atoms with Crippen molar-refractivity contribution in [1.29, 1.82) is 0 Å². The molecule has 2 aliphatic rings. The van der Waals surface area contributed by atoms with Gasteiger partial charge in [0.2, 0.25) is 0 Å². The minimum absolute atomic E-state index is 0.507. The Hall–Kier alpha value is -1.02. The molecule has 2 bridgehead atoms. The molecule has 21 heavy (non-hydrogen) atoms. The average Bonchev–Trinajstić information content (AvgIpc) is 3.10. The second-order valence-electron chi connectivity index (χ2n) is 7.03. The van der Waals surface area contributed by atoms with Gasteiger partial charge in [-0.25, -0.2) is 0 Å². The molecule has 116 valence electrons. The smallest absolute Gasteiger partial charge is 0.119 e. The Labute approximate surface area is 129 Å². The molecule has 1 aromatic carbocycles. The summed E-state index contributed by atoms with van der Waals surface area (Å²) < 4.78 is 5.98. The maximum Gasteiger partial charge on any atom is 0.119 e. The van der Waals surface area contributed by atoms with Crippen LogP contribution in [0.15, 0.2) is 30.3 Å². The summed E-state index contributed by atoms with van der Waals surface area (Å²) in [5.74, 6) is 2.94. The summed E-state index contributed by atoms with van der Waals surface area (Å²) in [7, 11) is 0. The molecule has 2 saturated carbocycles. The number of rotatable bonds is 8. The normalized spacial score (nSPS) is 30.7. The van der Waals surface area contributed by atoms with E-state index in [4.69, 9.17) is 4.74 Å². The van der Waals surface area contributed by atoms with Gasteiger partial charge < -0.3 is 10.1 Å². The van der Waals surface area contributed by atoms with Gasteiger partial charge in [0.05, 0.1) is 6.61 Å². The quantitative estimate of drug-likeness (QED) is 0.721. The Bertz CT molecular complexity index is 432. The lowest BCUT2D eigenvalue weighted by molar-refractivity contribution is 0.114. The number of ether oxygens (including phenoxy) is 1. The Balaban J connectivity index is 1.55. The van der Waals surface area contributed by atoms with Crippen molar-refractivity contribution in [2.45, 2.75) is 45.4 Å². The molecule has 0 aliphatic heterocycles. The van der Waals surface area contributed by atoms with E-state index in [1.807, 2.05) is 18.2 Å². The largest absolute Gasteiger partial charge is 0.494 e. The fourth-order valence-electron chi connectivity index (χ4n) is 4.57. The topological polar surface area (TPSA) is 21.3 Å². The van der Waals surface area contributed by atoms with Gasteiger partial charge in [0, 0.05) is 6.54 Å². The maximum atomic E-state index is 5.98. The first kappa shape index (κ1) is 14.9. The van der Waals surface area contributed by atoms with Gasteiger partial charge in [-0.2, -0.15) is 0 Å². The molecular formula is C19H29NO. The minimum Gasteiger partial charge on any atom is -0.494 e. The van der Waals surface area contributed by atoms with Gasteiger partial charge in [-0.1, -0.05) is 31.5 Å². The molecule has 3 rings (SSSR count). The van der Waals surface area contributed by atoms with E-state index < -0.39 is 0 Å². The van der Waals surface area contributed by atoms with E-state index in [0.29, 0.717) is 5.41 Å². The summed E-state index contributed by atoms with van der Waals surface area (Å²) in [6.45, 7) is 5.46. The summed E-state index contributed by atoms with van der Waals surface area (Å²) >= 11 is 0. The van der Waals surface area contributed by atoms with Gasteiger partial charge >= 0.3 is 0 Å². The van der Waals surface area contributed by atoms with Crippen molar-refractivity contribution in [1.82, 2.24) is 5.32 Å². The van der Waals surface area contributed by atoms with Gasteiger partial charge in [-0.3, -0.25) is 0 Å². The number of benzene rings is 1. The Morgan fingerprint density at radius 3 is 2.76 bits per heavy atom.